The predicted molar refractivity (Wildman–Crippen MR) is 135 cm³/mol. The van der Waals surface area contributed by atoms with Crippen molar-refractivity contribution in [3.63, 3.8) is 0 Å². The average Bonchev–Trinajstić information content (AvgIpc) is 3.54. The van der Waals surface area contributed by atoms with Crippen LogP contribution in [-0.4, -0.2) is 59.3 Å². The number of phenolic OH excluding ortho intramolecular Hbond substituents is 1. The molecular formula is C26H24N6O7. The third kappa shape index (κ3) is 4.47. The van der Waals surface area contributed by atoms with E-state index in [0.717, 1.165) is 26.5 Å². The lowest BCUT2D eigenvalue weighted by molar-refractivity contribution is 0.0599. The van der Waals surface area contributed by atoms with Crippen LogP contribution in [0.15, 0.2) is 41.5 Å². The van der Waals surface area contributed by atoms with E-state index in [1.165, 1.54) is 26.3 Å². The van der Waals surface area contributed by atoms with Crippen LogP contribution in [0, 0.1) is 0 Å². The monoisotopic (exact) mass is 532 g/mol. The Morgan fingerprint density at radius 3 is 2.51 bits per heavy atom. The van der Waals surface area contributed by atoms with Crippen molar-refractivity contribution in [2.75, 3.05) is 7.11 Å². The van der Waals surface area contributed by atoms with Crippen LogP contribution in [0.3, 0.4) is 0 Å². The number of aromatic nitrogens is 5. The van der Waals surface area contributed by atoms with E-state index in [4.69, 9.17) is 9.47 Å². The van der Waals surface area contributed by atoms with Crippen LogP contribution in [0.2, 0.25) is 0 Å². The number of carbonyl (C=O) groups is 3. The number of imidazole rings is 1. The third-order valence-electron chi connectivity index (χ3n) is 6.51. The zero-order valence-corrected chi connectivity index (χ0v) is 21.5. The Morgan fingerprint density at radius 1 is 1.05 bits per heavy atom. The van der Waals surface area contributed by atoms with Crippen molar-refractivity contribution in [1.82, 2.24) is 29.3 Å². The van der Waals surface area contributed by atoms with Crippen LogP contribution in [0.1, 0.15) is 67.7 Å². The summed E-state index contributed by atoms with van der Waals surface area (Å²) in [6.45, 7) is 4.19. The summed E-state index contributed by atoms with van der Waals surface area (Å²) in [5.74, 6) is -2.39. The molecule has 3 heterocycles. The van der Waals surface area contributed by atoms with Crippen molar-refractivity contribution in [2.24, 2.45) is 7.05 Å². The van der Waals surface area contributed by atoms with Crippen LogP contribution in [-0.2, 0) is 24.9 Å². The predicted octanol–water partition coefficient (Wildman–Crippen LogP) is 1.81. The third-order valence-corrected chi connectivity index (χ3v) is 6.51. The maximum atomic E-state index is 13.7. The number of ether oxygens (including phenoxy) is 2. The quantitative estimate of drug-likeness (QED) is 0.297. The number of aromatic hydroxyl groups is 1. The largest absolute Gasteiger partial charge is 0.508 e. The Labute approximate surface area is 221 Å². The summed E-state index contributed by atoms with van der Waals surface area (Å²) in [7, 11) is 2.70. The van der Waals surface area contributed by atoms with E-state index in [1.54, 1.807) is 23.1 Å². The SMILES string of the molecule is COC(=O)c1ccc2c(c1)CN(C(=O)c1cc(C(C)C)c(O)cc1OC(=O)c1ncn3c(=O)n(C)nnc13)C2. The number of phenols is 1. The first-order valence-corrected chi connectivity index (χ1v) is 11.9. The fourth-order valence-electron chi connectivity index (χ4n) is 4.43. The summed E-state index contributed by atoms with van der Waals surface area (Å²) in [5, 5.41) is 18.1. The van der Waals surface area contributed by atoms with Crippen molar-refractivity contribution in [1.29, 1.82) is 0 Å². The zero-order chi connectivity index (χ0) is 28.0. The van der Waals surface area contributed by atoms with E-state index < -0.39 is 23.5 Å². The number of amides is 1. The lowest BCUT2D eigenvalue weighted by atomic mass is 9.98. The number of rotatable bonds is 5. The topological polar surface area (TPSA) is 158 Å². The van der Waals surface area contributed by atoms with Gasteiger partial charge in [-0.3, -0.25) is 4.79 Å². The van der Waals surface area contributed by atoms with Gasteiger partial charge in [-0.2, -0.15) is 4.68 Å². The first-order valence-electron chi connectivity index (χ1n) is 11.9. The molecule has 0 bridgehead atoms. The van der Waals surface area contributed by atoms with Crippen molar-refractivity contribution in [3.8, 4) is 11.5 Å². The molecule has 0 spiro atoms. The van der Waals surface area contributed by atoms with Gasteiger partial charge >= 0.3 is 17.6 Å². The van der Waals surface area contributed by atoms with Crippen molar-refractivity contribution in [3.05, 3.63) is 80.7 Å². The second-order valence-electron chi connectivity index (χ2n) is 9.37. The molecule has 39 heavy (non-hydrogen) atoms. The number of fused-ring (bicyclic) bond motifs is 2. The van der Waals surface area contributed by atoms with E-state index in [0.29, 0.717) is 11.1 Å². The smallest absolute Gasteiger partial charge is 0.366 e. The lowest BCUT2D eigenvalue weighted by Gasteiger charge is -2.20. The number of methoxy groups -OCH3 is 1. The van der Waals surface area contributed by atoms with E-state index in [2.05, 4.69) is 15.3 Å². The molecule has 200 valence electrons. The highest BCUT2D eigenvalue weighted by molar-refractivity contribution is 6.01. The van der Waals surface area contributed by atoms with Gasteiger partial charge in [0.15, 0.2) is 11.3 Å². The number of carbonyl (C=O) groups excluding carboxylic acids is 3. The highest BCUT2D eigenvalue weighted by atomic mass is 16.5. The van der Waals surface area contributed by atoms with Gasteiger partial charge in [-0.25, -0.2) is 23.8 Å². The zero-order valence-electron chi connectivity index (χ0n) is 21.5. The van der Waals surface area contributed by atoms with E-state index in [1.807, 2.05) is 13.8 Å². The summed E-state index contributed by atoms with van der Waals surface area (Å²) in [6, 6.07) is 7.79. The Bertz CT molecular complexity index is 1720. The lowest BCUT2D eigenvalue weighted by Crippen LogP contribution is -2.28. The van der Waals surface area contributed by atoms with E-state index in [-0.39, 0.29) is 47.4 Å². The summed E-state index contributed by atoms with van der Waals surface area (Å²) in [5.41, 5.74) is 1.60. The van der Waals surface area contributed by atoms with Crippen LogP contribution >= 0.6 is 0 Å². The number of benzene rings is 2. The Morgan fingerprint density at radius 2 is 1.79 bits per heavy atom. The molecule has 2 aromatic heterocycles. The minimum atomic E-state index is -0.988. The van der Waals surface area contributed by atoms with Gasteiger partial charge in [-0.05, 0) is 40.8 Å². The summed E-state index contributed by atoms with van der Waals surface area (Å²) in [4.78, 5) is 56.5. The van der Waals surface area contributed by atoms with Gasteiger partial charge in [0, 0.05) is 26.2 Å². The highest BCUT2D eigenvalue weighted by Gasteiger charge is 2.30. The maximum absolute atomic E-state index is 13.7. The van der Waals surface area contributed by atoms with Crippen molar-refractivity contribution in [2.45, 2.75) is 32.9 Å². The van der Waals surface area contributed by atoms with Gasteiger partial charge in [-0.15, -0.1) is 5.10 Å². The van der Waals surface area contributed by atoms with Crippen molar-refractivity contribution < 1.29 is 29.0 Å². The second kappa shape index (κ2) is 9.67. The second-order valence-corrected chi connectivity index (χ2v) is 9.37. The molecule has 0 fully saturated rings. The Kier molecular flexibility index (Phi) is 6.34. The molecular weight excluding hydrogens is 508 g/mol. The molecule has 13 heteroatoms. The van der Waals surface area contributed by atoms with Gasteiger partial charge in [-0.1, -0.05) is 25.1 Å². The molecule has 2 aromatic carbocycles. The molecule has 0 saturated carbocycles. The van der Waals surface area contributed by atoms with Gasteiger partial charge in [0.1, 0.15) is 17.8 Å². The highest BCUT2D eigenvalue weighted by Crippen LogP contribution is 2.35. The van der Waals surface area contributed by atoms with Gasteiger partial charge in [0.25, 0.3) is 5.91 Å². The van der Waals surface area contributed by atoms with Crippen LogP contribution < -0.4 is 10.4 Å². The summed E-state index contributed by atoms with van der Waals surface area (Å²) >= 11 is 0. The summed E-state index contributed by atoms with van der Waals surface area (Å²) < 4.78 is 12.3. The fraction of sp³-hybridized carbons (Fsp3) is 0.269. The fourth-order valence-corrected chi connectivity index (χ4v) is 4.43. The molecule has 1 aliphatic heterocycles. The molecule has 0 aliphatic carbocycles. The first-order chi connectivity index (χ1) is 18.6. The average molecular weight is 533 g/mol. The van der Waals surface area contributed by atoms with Crippen LogP contribution in [0.4, 0.5) is 0 Å². The molecule has 0 atom stereocenters. The maximum Gasteiger partial charge on any atom is 0.366 e. The Balaban J connectivity index is 1.49. The molecule has 0 saturated heterocycles. The van der Waals surface area contributed by atoms with Gasteiger partial charge < -0.3 is 19.5 Å². The summed E-state index contributed by atoms with van der Waals surface area (Å²) in [6.07, 6.45) is 1.12. The molecule has 0 radical (unpaired) electrons. The molecule has 0 unspecified atom stereocenters. The molecule has 1 amide bonds. The number of hydrogen-bond donors (Lipinski definition) is 1. The van der Waals surface area contributed by atoms with Crippen LogP contribution in [0.25, 0.3) is 5.65 Å². The minimum Gasteiger partial charge on any atom is -0.508 e. The van der Waals surface area contributed by atoms with Gasteiger partial charge in [0.05, 0.1) is 18.2 Å². The van der Waals surface area contributed by atoms with Crippen molar-refractivity contribution >= 4 is 23.5 Å². The number of esters is 2. The number of hydrogen-bond acceptors (Lipinski definition) is 10. The number of aryl methyl sites for hydroxylation is 1. The molecule has 4 aromatic rings. The number of nitrogens with zero attached hydrogens (tertiary/aromatic N) is 6. The normalized spacial score (nSPS) is 12.6. The molecule has 1 aliphatic rings. The molecule has 1 N–H and O–H groups in total. The minimum absolute atomic E-state index is 0.0522. The van der Waals surface area contributed by atoms with E-state index >= 15 is 0 Å². The molecule has 5 rings (SSSR count). The Hall–Kier alpha value is -5.07. The standard InChI is InChI=1S/C26H24N6O7/c1-13(2)17-8-18(23(34)31-10-15-6-5-14(24(35)38-4)7-16(15)11-31)20(9-19(17)33)39-25(36)21-22-28-29-30(3)26(37)32(22)12-27-21/h5-9,12-13,33H,10-11H2,1-4H3. The molecule has 13 nitrogen and oxygen atoms in total. The van der Waals surface area contributed by atoms with E-state index in [9.17, 15) is 24.3 Å². The first kappa shape index (κ1) is 25.6. The van der Waals surface area contributed by atoms with Crippen LogP contribution in [0.5, 0.6) is 11.5 Å². The van der Waals surface area contributed by atoms with Gasteiger partial charge in [0.2, 0.25) is 0 Å².